The molecule has 0 radical (unpaired) electrons. The normalized spacial score (nSPS) is 26.1. The lowest BCUT2D eigenvalue weighted by molar-refractivity contribution is -0.134. The fourth-order valence-electron chi connectivity index (χ4n) is 13.7. The first-order chi connectivity index (χ1) is 35.0. The third-order valence-electron chi connectivity index (χ3n) is 18.2. The van der Waals surface area contributed by atoms with Gasteiger partial charge in [0.2, 0.25) is 11.8 Å². The monoisotopic (exact) mass is 1010 g/mol. The van der Waals surface area contributed by atoms with Crippen molar-refractivity contribution in [3.63, 3.8) is 0 Å². The number of carbonyl (C=O) groups excluding carboxylic acids is 2. The van der Waals surface area contributed by atoms with Gasteiger partial charge >= 0.3 is 0 Å². The number of benzene rings is 3. The van der Waals surface area contributed by atoms with E-state index in [-0.39, 0.29) is 69.6 Å². The fraction of sp³-hybridized carbons (Fsp3) is 0.614. The van der Waals surface area contributed by atoms with Crippen molar-refractivity contribution in [2.24, 2.45) is 29.1 Å². The van der Waals surface area contributed by atoms with Crippen LogP contribution in [-0.2, 0) is 24.6 Å². The van der Waals surface area contributed by atoms with Gasteiger partial charge in [-0.05, 0) is 131 Å². The number of rotatable bonds is 10. The molecule has 11 rings (SSSR count). The Balaban J connectivity index is 0.952. The van der Waals surface area contributed by atoms with E-state index in [0.717, 1.165) is 64.2 Å². The van der Waals surface area contributed by atoms with Crippen LogP contribution in [0.3, 0.4) is 0 Å². The second-order valence-electron chi connectivity index (χ2n) is 23.5. The number of amides is 2. The molecule has 2 N–H and O–H groups in total. The number of hydrogen-bond donors (Lipinski definition) is 2. The zero-order valence-electron chi connectivity index (χ0n) is 43.2. The van der Waals surface area contributed by atoms with Gasteiger partial charge in [-0.3, -0.25) is 9.59 Å². The van der Waals surface area contributed by atoms with E-state index in [1.54, 1.807) is 17.0 Å². The molecule has 5 aromatic rings. The Labute approximate surface area is 425 Å². The van der Waals surface area contributed by atoms with E-state index in [0.29, 0.717) is 112 Å². The van der Waals surface area contributed by atoms with Crippen LogP contribution in [-0.4, -0.2) is 94.2 Å². The number of halogens is 4. The maximum absolute atomic E-state index is 17.3. The summed E-state index contributed by atoms with van der Waals surface area (Å²) >= 11 is 0. The molecule has 392 valence electrons. The van der Waals surface area contributed by atoms with E-state index >= 15 is 17.6 Å². The maximum Gasteiger partial charge on any atom is 0.223 e. The minimum absolute atomic E-state index is 0.0755. The zero-order chi connectivity index (χ0) is 50.9. The Morgan fingerprint density at radius 3 is 1.68 bits per heavy atom. The van der Waals surface area contributed by atoms with Crippen molar-refractivity contribution in [1.29, 1.82) is 0 Å². The molecule has 16 heteroatoms. The number of piperidine rings is 1. The number of anilines is 2. The Bertz CT molecular complexity index is 2840. The first-order valence-corrected chi connectivity index (χ1v) is 27.2. The van der Waals surface area contributed by atoms with Gasteiger partial charge < -0.3 is 39.0 Å². The number of likely N-dealkylation sites (tertiary alicyclic amines) is 2. The van der Waals surface area contributed by atoms with E-state index in [4.69, 9.17) is 19.4 Å². The van der Waals surface area contributed by atoms with E-state index < -0.39 is 34.8 Å². The summed E-state index contributed by atoms with van der Waals surface area (Å²) in [4.78, 5) is 51.5. The standard InChI is InChI=1S/C57H72F4N8O4/c1-33-24-50(38-29-44-46(31-40(38)58)64-54(62-44)48-8-6-16-67(48)51(70)25-34-12-20-72-21-13-34)69(37-27-42(60)53(43(61)28-37)66-18-10-36(11-19-66)56(2,3)4)57(33,5)39-30-45-47(32-41(39)59)65-55(63-45)49-9-7-17-68(49)52(71)26-35-14-22-73-23-15-35/h27-36,48-50H,6-26H2,1-5H3,(H,62,64)(H,63,65)/t33?,48?,49?,50-,57+/m1/s1. The number of imidazole rings is 2. The van der Waals surface area contributed by atoms with Crippen molar-refractivity contribution < 1.29 is 36.6 Å². The highest BCUT2D eigenvalue weighted by Gasteiger charge is 2.52. The molecule has 3 aromatic carbocycles. The molecular formula is C57H72F4N8O4. The summed E-state index contributed by atoms with van der Waals surface area (Å²) in [5.41, 5.74) is 1.41. The highest BCUT2D eigenvalue weighted by molar-refractivity contribution is 5.81. The molecule has 3 unspecified atom stereocenters. The molecule has 6 aliphatic heterocycles. The fourth-order valence-corrected chi connectivity index (χ4v) is 13.7. The van der Waals surface area contributed by atoms with Gasteiger partial charge in [-0.25, -0.2) is 27.5 Å². The number of hydrogen-bond acceptors (Lipinski definition) is 8. The van der Waals surface area contributed by atoms with E-state index in [1.165, 1.54) is 24.3 Å². The SMILES string of the molecule is CC1C[C@H](c2cc3[nH]c(C4CCCN4C(=O)CC4CCOCC4)nc3cc2F)N(c2cc(F)c(N3CCC(C(C)(C)C)CC3)c(F)c2)[C@]1(C)c1cc2[nH]c(C3CCCN3C(=O)CC3CCOCC3)nc2cc1F. The third-order valence-corrected chi connectivity index (χ3v) is 18.2. The van der Waals surface area contributed by atoms with Gasteiger partial charge in [0, 0.05) is 94.4 Å². The van der Waals surface area contributed by atoms with Gasteiger partial charge in [0.25, 0.3) is 0 Å². The smallest absolute Gasteiger partial charge is 0.223 e. The van der Waals surface area contributed by atoms with Crippen LogP contribution < -0.4 is 9.80 Å². The van der Waals surface area contributed by atoms with Gasteiger partial charge in [-0.2, -0.15) is 0 Å². The number of aromatic nitrogens is 4. The lowest BCUT2D eigenvalue weighted by atomic mass is 9.75. The molecule has 2 amide bonds. The summed E-state index contributed by atoms with van der Waals surface area (Å²) in [6, 6.07) is 7.60. The summed E-state index contributed by atoms with van der Waals surface area (Å²) in [6.45, 7) is 15.4. The quantitative estimate of drug-likeness (QED) is 0.133. The van der Waals surface area contributed by atoms with Crippen LogP contribution in [0.15, 0.2) is 36.4 Å². The summed E-state index contributed by atoms with van der Waals surface area (Å²) in [5.74, 6) is -0.591. The largest absolute Gasteiger partial charge is 0.381 e. The third kappa shape index (κ3) is 9.39. The van der Waals surface area contributed by atoms with Crippen LogP contribution in [0.4, 0.5) is 28.9 Å². The Morgan fingerprint density at radius 1 is 0.658 bits per heavy atom. The summed E-state index contributed by atoms with van der Waals surface area (Å²) < 4.78 is 79.3. The summed E-state index contributed by atoms with van der Waals surface area (Å²) in [5, 5.41) is 0. The number of ether oxygens (including phenoxy) is 2. The topological polar surface area (TPSA) is 123 Å². The molecule has 6 saturated heterocycles. The highest BCUT2D eigenvalue weighted by Crippen LogP contribution is 2.56. The lowest BCUT2D eigenvalue weighted by Crippen LogP contribution is -2.44. The van der Waals surface area contributed by atoms with Gasteiger partial charge in [0.15, 0.2) is 11.6 Å². The summed E-state index contributed by atoms with van der Waals surface area (Å²) in [6.07, 6.45) is 9.38. The molecule has 2 aromatic heterocycles. The highest BCUT2D eigenvalue weighted by atomic mass is 19.1. The zero-order valence-corrected chi connectivity index (χ0v) is 43.2. The average Bonchev–Trinajstić information content (AvgIpc) is 4.22. The molecule has 12 nitrogen and oxygen atoms in total. The van der Waals surface area contributed by atoms with Gasteiger partial charge in [0.1, 0.15) is 29.0 Å². The van der Waals surface area contributed by atoms with Crippen molar-refractivity contribution in [2.75, 3.05) is 62.4 Å². The van der Waals surface area contributed by atoms with Gasteiger partial charge in [-0.1, -0.05) is 27.7 Å². The first-order valence-electron chi connectivity index (χ1n) is 27.2. The number of fused-ring (bicyclic) bond motifs is 2. The number of H-pyrrole nitrogens is 2. The van der Waals surface area contributed by atoms with Crippen LogP contribution in [0, 0.1) is 52.4 Å². The number of carbonyl (C=O) groups is 2. The molecule has 8 heterocycles. The molecular weight excluding hydrogens is 937 g/mol. The van der Waals surface area contributed by atoms with E-state index in [1.807, 2.05) is 28.5 Å². The van der Waals surface area contributed by atoms with Crippen LogP contribution >= 0.6 is 0 Å². The predicted molar refractivity (Wildman–Crippen MR) is 273 cm³/mol. The minimum atomic E-state index is -1.27. The minimum Gasteiger partial charge on any atom is -0.381 e. The number of nitrogens with one attached hydrogen (secondary N) is 2. The molecule has 6 aliphatic rings. The molecule has 0 aliphatic carbocycles. The van der Waals surface area contributed by atoms with Crippen LogP contribution in [0.2, 0.25) is 0 Å². The van der Waals surface area contributed by atoms with Crippen molar-refractivity contribution in [1.82, 2.24) is 29.7 Å². The molecule has 73 heavy (non-hydrogen) atoms. The van der Waals surface area contributed by atoms with Gasteiger partial charge in [-0.15, -0.1) is 0 Å². The van der Waals surface area contributed by atoms with Crippen molar-refractivity contribution >= 4 is 45.3 Å². The first kappa shape index (κ1) is 50.0. The molecule has 0 bridgehead atoms. The lowest BCUT2D eigenvalue weighted by Gasteiger charge is -2.43. The average molecular weight is 1010 g/mol. The Kier molecular flexibility index (Phi) is 13.6. The van der Waals surface area contributed by atoms with E-state index in [9.17, 15) is 9.59 Å². The predicted octanol–water partition coefficient (Wildman–Crippen LogP) is 11.7. The van der Waals surface area contributed by atoms with Crippen molar-refractivity contribution in [2.45, 2.75) is 142 Å². The van der Waals surface area contributed by atoms with Crippen LogP contribution in [0.5, 0.6) is 0 Å². The summed E-state index contributed by atoms with van der Waals surface area (Å²) in [7, 11) is 0. The maximum atomic E-state index is 17.3. The second-order valence-corrected chi connectivity index (χ2v) is 23.5. The van der Waals surface area contributed by atoms with Crippen molar-refractivity contribution in [3.05, 3.63) is 82.4 Å². The van der Waals surface area contributed by atoms with Crippen molar-refractivity contribution in [3.8, 4) is 0 Å². The van der Waals surface area contributed by atoms with Crippen LogP contribution in [0.25, 0.3) is 22.1 Å². The van der Waals surface area contributed by atoms with Gasteiger partial charge in [0.05, 0.1) is 45.7 Å². The molecule has 0 spiro atoms. The Morgan fingerprint density at radius 2 is 1.16 bits per heavy atom. The van der Waals surface area contributed by atoms with Crippen LogP contribution in [0.1, 0.15) is 159 Å². The Hall–Kier alpha value is -5.22. The molecule has 6 fully saturated rings. The van der Waals surface area contributed by atoms with E-state index in [2.05, 4.69) is 30.7 Å². The number of aromatic amines is 2. The molecule has 0 saturated carbocycles. The molecule has 5 atom stereocenters. The second kappa shape index (κ2) is 19.8. The number of nitrogens with zero attached hydrogens (tertiary/aromatic N) is 6.